The van der Waals surface area contributed by atoms with E-state index in [9.17, 15) is 48.2 Å². The van der Waals surface area contributed by atoms with Crippen molar-refractivity contribution in [2.45, 2.75) is 103 Å². The molecule has 1 fully saturated rings. The molecule has 1 aliphatic rings. The molecule has 18 heteroatoms. The highest BCUT2D eigenvalue weighted by atomic mass is 31.2. The molecule has 3 rings (SSSR count). The maximum absolute atomic E-state index is 14.0. The lowest BCUT2D eigenvalue weighted by molar-refractivity contribution is -0.138. The Balaban J connectivity index is 1.87. The molecule has 1 saturated heterocycles. The maximum Gasteiger partial charge on any atom is 0.469 e. The van der Waals surface area contributed by atoms with Crippen LogP contribution in [0.3, 0.4) is 0 Å². The van der Waals surface area contributed by atoms with Crippen molar-refractivity contribution in [2.75, 3.05) is 13.2 Å². The topological polar surface area (TPSA) is 261 Å². The van der Waals surface area contributed by atoms with E-state index in [1.54, 1.807) is 12.5 Å². The van der Waals surface area contributed by atoms with E-state index in [0.717, 1.165) is 12.5 Å². The highest BCUT2D eigenvalue weighted by Crippen LogP contribution is 2.39. The van der Waals surface area contributed by atoms with Gasteiger partial charge in [0, 0.05) is 51.2 Å². The number of Topliss-reactive ketones (excluding diaryl/α,β-unsaturated/α-hetero) is 2. The van der Waals surface area contributed by atoms with Crippen molar-refractivity contribution in [1.29, 1.82) is 0 Å². The van der Waals surface area contributed by atoms with Crippen LogP contribution >= 0.6 is 7.82 Å². The van der Waals surface area contributed by atoms with Gasteiger partial charge in [0.2, 0.25) is 23.6 Å². The second-order valence-corrected chi connectivity index (χ2v) is 15.4. The number of aryl methyl sites for hydroxylation is 2. The van der Waals surface area contributed by atoms with Gasteiger partial charge in [-0.15, -0.1) is 0 Å². The SMILES string of the molecule is CC(=O)N1CCCC1C(=O)N[C@@H](CC(C)C)C(=O)C[C@@H](Cc1cncn1CCc1ccccc1)C(=O)N[C@@H](CO)C(=O)CC(C(N)=O)[C@@H](C)OP(=O)(O)O. The third-order valence-corrected chi connectivity index (χ3v) is 10.1. The lowest BCUT2D eigenvalue weighted by Crippen LogP contribution is -2.52. The molecule has 0 aliphatic carbocycles. The number of benzene rings is 1. The predicted octanol–water partition coefficient (Wildman–Crippen LogP) is 0.821. The Morgan fingerprint density at radius 1 is 1.02 bits per heavy atom. The quantitative estimate of drug-likeness (QED) is 0.0909. The van der Waals surface area contributed by atoms with Crippen LogP contribution in [0.4, 0.5) is 0 Å². The van der Waals surface area contributed by atoms with Crippen LogP contribution in [0.15, 0.2) is 42.9 Å². The number of phosphoric acid groups is 1. The summed E-state index contributed by atoms with van der Waals surface area (Å²) < 4.78 is 17.8. The standard InChI is InChI=1S/C36H53N6O11P/c1-22(2)15-29(39-36(49)31-11-8-13-42(31)24(4)44)32(45)17-26(16-27-19-38-21-41(27)14-12-25-9-6-5-7-10-25)35(48)40-30(20-43)33(46)18-28(34(37)47)23(3)53-54(50,51)52/h5-7,9-10,19,21-23,26,28-31,43H,8,11-18,20H2,1-4H3,(H2,37,47)(H,39,49)(H,40,48)(H2,50,51,52)/t23-,26-,28?,29+,30+,31?/m1/s1. The molecule has 0 radical (unpaired) electrons. The zero-order chi connectivity index (χ0) is 40.2. The molecular weight excluding hydrogens is 723 g/mol. The number of imidazole rings is 1. The number of hydrogen-bond acceptors (Lipinski definition) is 10. The molecular formula is C36H53N6O11P. The van der Waals surface area contributed by atoms with Gasteiger partial charge in [0.15, 0.2) is 11.6 Å². The molecule has 6 atom stereocenters. The van der Waals surface area contributed by atoms with Crippen LogP contribution in [-0.2, 0) is 57.2 Å². The smallest absolute Gasteiger partial charge is 0.394 e. The van der Waals surface area contributed by atoms with E-state index in [-0.39, 0.29) is 31.1 Å². The number of primary amides is 1. The molecule has 17 nitrogen and oxygen atoms in total. The van der Waals surface area contributed by atoms with Gasteiger partial charge in [-0.2, -0.15) is 0 Å². The summed E-state index contributed by atoms with van der Waals surface area (Å²) in [5.74, 6) is -6.59. The molecule has 1 aliphatic heterocycles. The van der Waals surface area contributed by atoms with E-state index in [4.69, 9.17) is 5.73 Å². The zero-order valence-electron chi connectivity index (χ0n) is 31.1. The molecule has 2 aromatic rings. The van der Waals surface area contributed by atoms with Crippen molar-refractivity contribution in [1.82, 2.24) is 25.1 Å². The van der Waals surface area contributed by atoms with Crippen molar-refractivity contribution >= 4 is 43.0 Å². The average molecular weight is 777 g/mol. The number of amides is 4. The van der Waals surface area contributed by atoms with Crippen molar-refractivity contribution in [2.24, 2.45) is 23.5 Å². The highest BCUT2D eigenvalue weighted by molar-refractivity contribution is 7.46. The van der Waals surface area contributed by atoms with Crippen LogP contribution in [0.25, 0.3) is 0 Å². The molecule has 1 aromatic carbocycles. The summed E-state index contributed by atoms with van der Waals surface area (Å²) >= 11 is 0. The summed E-state index contributed by atoms with van der Waals surface area (Å²) in [4.78, 5) is 103. The number of aliphatic hydroxyl groups excluding tert-OH is 1. The Bertz CT molecular complexity index is 1660. The van der Waals surface area contributed by atoms with Crippen molar-refractivity contribution in [3.8, 4) is 0 Å². The monoisotopic (exact) mass is 776 g/mol. The molecule has 0 saturated carbocycles. The number of phosphoric ester groups is 1. The molecule has 54 heavy (non-hydrogen) atoms. The number of nitrogens with zero attached hydrogens (tertiary/aromatic N) is 3. The lowest BCUT2D eigenvalue weighted by Gasteiger charge is -2.27. The van der Waals surface area contributed by atoms with E-state index in [1.807, 2.05) is 48.7 Å². The first-order valence-corrected chi connectivity index (χ1v) is 19.5. The molecule has 1 aromatic heterocycles. The fourth-order valence-corrected chi connectivity index (χ4v) is 7.18. The second-order valence-electron chi connectivity index (χ2n) is 14.2. The number of likely N-dealkylation sites (tertiary alicyclic amines) is 1. The van der Waals surface area contributed by atoms with E-state index >= 15 is 0 Å². The summed E-state index contributed by atoms with van der Waals surface area (Å²) in [6, 6.07) is 6.40. The minimum Gasteiger partial charge on any atom is -0.394 e. The van der Waals surface area contributed by atoms with E-state index in [2.05, 4.69) is 20.1 Å². The Morgan fingerprint density at radius 3 is 2.28 bits per heavy atom. The number of aliphatic hydroxyl groups is 1. The molecule has 2 unspecified atom stereocenters. The van der Waals surface area contributed by atoms with Crippen molar-refractivity contribution < 1.29 is 52.7 Å². The van der Waals surface area contributed by atoms with Gasteiger partial charge in [0.25, 0.3) is 0 Å². The summed E-state index contributed by atoms with van der Waals surface area (Å²) in [7, 11) is -5.06. The summed E-state index contributed by atoms with van der Waals surface area (Å²) in [5.41, 5.74) is 7.07. The van der Waals surface area contributed by atoms with Gasteiger partial charge in [-0.05, 0) is 44.1 Å². The second kappa shape index (κ2) is 20.4. The predicted molar refractivity (Wildman–Crippen MR) is 195 cm³/mol. The van der Waals surface area contributed by atoms with E-state index < -0.39 is 86.2 Å². The Labute approximate surface area is 314 Å². The molecule has 0 bridgehead atoms. The summed E-state index contributed by atoms with van der Waals surface area (Å²) in [6.45, 7) is 6.31. The van der Waals surface area contributed by atoms with Crippen LogP contribution in [0.5, 0.6) is 0 Å². The number of nitrogens with one attached hydrogen (secondary N) is 2. The average Bonchev–Trinajstić information content (AvgIpc) is 3.77. The van der Waals surface area contributed by atoms with Gasteiger partial charge in [0.1, 0.15) is 12.1 Å². The fourth-order valence-electron chi connectivity index (χ4n) is 6.60. The highest BCUT2D eigenvalue weighted by Gasteiger charge is 2.37. The Morgan fingerprint density at radius 2 is 1.69 bits per heavy atom. The molecule has 0 spiro atoms. The van der Waals surface area contributed by atoms with Gasteiger partial charge in [-0.1, -0.05) is 44.2 Å². The molecule has 298 valence electrons. The van der Waals surface area contributed by atoms with Crippen molar-refractivity contribution in [3.05, 3.63) is 54.1 Å². The first kappa shape index (κ1) is 44.1. The normalized spacial score (nSPS) is 17.3. The number of rotatable bonds is 22. The van der Waals surface area contributed by atoms with Crippen LogP contribution < -0.4 is 16.4 Å². The minimum atomic E-state index is -5.06. The number of nitrogens with two attached hydrogens (primary N) is 1. The van der Waals surface area contributed by atoms with Gasteiger partial charge in [-0.25, -0.2) is 9.55 Å². The molecule has 4 amide bonds. The number of carbonyl (C=O) groups excluding carboxylic acids is 6. The van der Waals surface area contributed by atoms with E-state index in [1.165, 1.54) is 11.8 Å². The molecule has 7 N–H and O–H groups in total. The van der Waals surface area contributed by atoms with Gasteiger partial charge >= 0.3 is 7.82 Å². The number of carbonyl (C=O) groups is 6. The van der Waals surface area contributed by atoms with Gasteiger partial charge in [-0.3, -0.25) is 33.3 Å². The first-order chi connectivity index (χ1) is 25.4. The van der Waals surface area contributed by atoms with Crippen LogP contribution in [0.1, 0.15) is 71.1 Å². The Hall–Kier alpha value is -4.28. The number of aromatic nitrogens is 2. The third-order valence-electron chi connectivity index (χ3n) is 9.47. The van der Waals surface area contributed by atoms with Crippen LogP contribution in [0, 0.1) is 17.8 Å². The van der Waals surface area contributed by atoms with Crippen LogP contribution in [-0.4, -0.2) is 102 Å². The Kier molecular flexibility index (Phi) is 16.7. The third kappa shape index (κ3) is 13.5. The summed E-state index contributed by atoms with van der Waals surface area (Å²) in [5, 5.41) is 15.4. The first-order valence-electron chi connectivity index (χ1n) is 18.0. The maximum atomic E-state index is 14.0. The largest absolute Gasteiger partial charge is 0.469 e. The molecule has 2 heterocycles. The van der Waals surface area contributed by atoms with Crippen LogP contribution in [0.2, 0.25) is 0 Å². The summed E-state index contributed by atoms with van der Waals surface area (Å²) in [6.07, 6.45) is 2.55. The fraction of sp³-hybridized carbons (Fsp3) is 0.583. The van der Waals surface area contributed by atoms with Crippen molar-refractivity contribution in [3.63, 3.8) is 0 Å². The van der Waals surface area contributed by atoms with Gasteiger partial charge < -0.3 is 40.7 Å². The zero-order valence-corrected chi connectivity index (χ0v) is 32.0. The number of hydrogen-bond donors (Lipinski definition) is 6. The lowest BCUT2D eigenvalue weighted by atomic mass is 9.89. The van der Waals surface area contributed by atoms with E-state index in [0.29, 0.717) is 38.0 Å². The number of ketones is 2. The van der Waals surface area contributed by atoms with Gasteiger partial charge in [0.05, 0.1) is 36.9 Å². The minimum absolute atomic E-state index is 0.0150.